The Morgan fingerprint density at radius 2 is 1.94 bits per heavy atom. The van der Waals surface area contributed by atoms with E-state index in [4.69, 9.17) is 0 Å². The molecule has 0 saturated heterocycles. The third-order valence-electron chi connectivity index (χ3n) is 3.67. The molecule has 0 heterocycles. The molecule has 1 aromatic rings. The largest absolute Gasteiger partial charge is 0.481 e. The highest BCUT2D eigenvalue weighted by molar-refractivity contribution is 5.75. The van der Waals surface area contributed by atoms with Gasteiger partial charge in [-0.1, -0.05) is 25.1 Å². The van der Waals surface area contributed by atoms with Crippen LogP contribution >= 0.6 is 0 Å². The molecule has 100 valence electrons. The number of anilines is 1. The Morgan fingerprint density at radius 1 is 1.33 bits per heavy atom. The molecule has 0 bridgehead atoms. The van der Waals surface area contributed by atoms with E-state index in [1.54, 1.807) is 0 Å². The van der Waals surface area contributed by atoms with Gasteiger partial charge in [-0.3, -0.25) is 4.79 Å². The summed E-state index contributed by atoms with van der Waals surface area (Å²) < 4.78 is 0. The molecule has 0 radical (unpaired) electrons. The van der Waals surface area contributed by atoms with Crippen molar-refractivity contribution in [1.29, 1.82) is 0 Å². The zero-order valence-electron chi connectivity index (χ0n) is 11.7. The summed E-state index contributed by atoms with van der Waals surface area (Å²) >= 11 is 0. The molecule has 0 aliphatic carbocycles. The SMILES string of the molecule is CCN(CC(C)(CC)C(=O)O)c1ccccc1C. The summed E-state index contributed by atoms with van der Waals surface area (Å²) in [4.78, 5) is 13.5. The molecule has 1 atom stereocenters. The highest BCUT2D eigenvalue weighted by Gasteiger charge is 2.33. The predicted molar refractivity (Wildman–Crippen MR) is 75.1 cm³/mol. The van der Waals surface area contributed by atoms with Gasteiger partial charge in [-0.25, -0.2) is 0 Å². The van der Waals surface area contributed by atoms with Gasteiger partial charge in [0.25, 0.3) is 0 Å². The van der Waals surface area contributed by atoms with Gasteiger partial charge in [0.1, 0.15) is 0 Å². The number of para-hydroxylation sites is 1. The van der Waals surface area contributed by atoms with Crippen molar-refractivity contribution in [3.05, 3.63) is 29.8 Å². The molecule has 0 fully saturated rings. The fourth-order valence-corrected chi connectivity index (χ4v) is 2.04. The maximum atomic E-state index is 11.4. The number of hydrogen-bond acceptors (Lipinski definition) is 2. The normalized spacial score (nSPS) is 14.0. The molecule has 1 rings (SSSR count). The van der Waals surface area contributed by atoms with E-state index in [9.17, 15) is 9.90 Å². The van der Waals surface area contributed by atoms with Crippen LogP contribution in [0.25, 0.3) is 0 Å². The third kappa shape index (κ3) is 3.03. The third-order valence-corrected chi connectivity index (χ3v) is 3.67. The van der Waals surface area contributed by atoms with Crippen molar-refractivity contribution in [3.8, 4) is 0 Å². The first kappa shape index (κ1) is 14.6. The summed E-state index contributed by atoms with van der Waals surface area (Å²) in [5.74, 6) is -0.725. The smallest absolute Gasteiger partial charge is 0.311 e. The second kappa shape index (κ2) is 5.89. The van der Waals surface area contributed by atoms with Crippen LogP contribution in [0.1, 0.15) is 32.8 Å². The fraction of sp³-hybridized carbons (Fsp3) is 0.533. The summed E-state index contributed by atoms with van der Waals surface area (Å²) in [6.45, 7) is 9.22. The molecule has 1 aromatic carbocycles. The maximum absolute atomic E-state index is 11.4. The van der Waals surface area contributed by atoms with Crippen LogP contribution in [0.2, 0.25) is 0 Å². The number of aliphatic carboxylic acids is 1. The number of carbonyl (C=O) groups is 1. The van der Waals surface area contributed by atoms with Gasteiger partial charge in [-0.15, -0.1) is 0 Å². The van der Waals surface area contributed by atoms with E-state index in [0.717, 1.165) is 12.2 Å². The number of nitrogens with zero attached hydrogens (tertiary/aromatic N) is 1. The van der Waals surface area contributed by atoms with Crippen LogP contribution in [0.5, 0.6) is 0 Å². The molecule has 3 nitrogen and oxygen atoms in total. The summed E-state index contributed by atoms with van der Waals surface area (Å²) in [6, 6.07) is 8.11. The molecule has 1 unspecified atom stereocenters. The lowest BCUT2D eigenvalue weighted by Gasteiger charge is -2.33. The Morgan fingerprint density at radius 3 is 2.39 bits per heavy atom. The van der Waals surface area contributed by atoms with E-state index in [1.807, 2.05) is 26.0 Å². The Labute approximate surface area is 109 Å². The number of aryl methyl sites for hydroxylation is 1. The molecule has 18 heavy (non-hydrogen) atoms. The molecule has 0 spiro atoms. The Balaban J connectivity index is 2.99. The van der Waals surface area contributed by atoms with Crippen LogP contribution in [0.4, 0.5) is 5.69 Å². The summed E-state index contributed by atoms with van der Waals surface area (Å²) in [5.41, 5.74) is 1.61. The van der Waals surface area contributed by atoms with Crippen LogP contribution in [-0.4, -0.2) is 24.2 Å². The van der Waals surface area contributed by atoms with Gasteiger partial charge in [0.2, 0.25) is 0 Å². The molecule has 0 aromatic heterocycles. The first-order valence-corrected chi connectivity index (χ1v) is 6.48. The van der Waals surface area contributed by atoms with Crippen molar-refractivity contribution in [3.63, 3.8) is 0 Å². The molecule has 0 saturated carbocycles. The number of carboxylic acids is 1. The van der Waals surface area contributed by atoms with Crippen LogP contribution in [0.15, 0.2) is 24.3 Å². The molecular weight excluding hydrogens is 226 g/mol. The van der Waals surface area contributed by atoms with Crippen molar-refractivity contribution in [2.45, 2.75) is 34.1 Å². The summed E-state index contributed by atoms with van der Waals surface area (Å²) in [7, 11) is 0. The molecule has 1 N–H and O–H groups in total. The van der Waals surface area contributed by atoms with Crippen molar-refractivity contribution in [2.75, 3.05) is 18.0 Å². The average Bonchev–Trinajstić information content (AvgIpc) is 2.36. The van der Waals surface area contributed by atoms with Gasteiger partial charge >= 0.3 is 5.97 Å². The fourth-order valence-electron chi connectivity index (χ4n) is 2.04. The van der Waals surface area contributed by atoms with Crippen molar-refractivity contribution in [1.82, 2.24) is 0 Å². The van der Waals surface area contributed by atoms with Gasteiger partial charge in [-0.2, -0.15) is 0 Å². The van der Waals surface area contributed by atoms with Crippen LogP contribution in [-0.2, 0) is 4.79 Å². The lowest BCUT2D eigenvalue weighted by atomic mass is 9.87. The number of carboxylic acid groups (broad SMARTS) is 1. The second-order valence-corrected chi connectivity index (χ2v) is 5.02. The zero-order chi connectivity index (χ0) is 13.8. The van der Waals surface area contributed by atoms with Gasteiger partial charge in [0, 0.05) is 18.8 Å². The molecule has 0 aliphatic rings. The predicted octanol–water partition coefficient (Wildman–Crippen LogP) is 3.32. The first-order valence-electron chi connectivity index (χ1n) is 6.48. The summed E-state index contributed by atoms with van der Waals surface area (Å²) in [6.07, 6.45) is 0.630. The second-order valence-electron chi connectivity index (χ2n) is 5.02. The van der Waals surface area contributed by atoms with Gasteiger partial charge < -0.3 is 10.0 Å². The highest BCUT2D eigenvalue weighted by Crippen LogP contribution is 2.27. The van der Waals surface area contributed by atoms with E-state index < -0.39 is 11.4 Å². The van der Waals surface area contributed by atoms with Crippen molar-refractivity contribution in [2.24, 2.45) is 5.41 Å². The maximum Gasteiger partial charge on any atom is 0.311 e. The van der Waals surface area contributed by atoms with Crippen molar-refractivity contribution >= 4 is 11.7 Å². The Hall–Kier alpha value is -1.51. The Kier molecular flexibility index (Phi) is 4.76. The zero-order valence-corrected chi connectivity index (χ0v) is 11.7. The lowest BCUT2D eigenvalue weighted by molar-refractivity contribution is -0.147. The highest BCUT2D eigenvalue weighted by atomic mass is 16.4. The minimum Gasteiger partial charge on any atom is -0.481 e. The van der Waals surface area contributed by atoms with Crippen molar-refractivity contribution < 1.29 is 9.90 Å². The summed E-state index contributed by atoms with van der Waals surface area (Å²) in [5, 5.41) is 9.37. The minimum atomic E-state index is -0.725. The van der Waals surface area contributed by atoms with E-state index in [0.29, 0.717) is 13.0 Å². The van der Waals surface area contributed by atoms with E-state index in [2.05, 4.69) is 30.9 Å². The number of benzene rings is 1. The lowest BCUT2D eigenvalue weighted by Crippen LogP contribution is -2.41. The van der Waals surface area contributed by atoms with Crippen LogP contribution in [0, 0.1) is 12.3 Å². The van der Waals surface area contributed by atoms with Gasteiger partial charge in [-0.05, 0) is 38.8 Å². The van der Waals surface area contributed by atoms with E-state index >= 15 is 0 Å². The quantitative estimate of drug-likeness (QED) is 0.840. The minimum absolute atomic E-state index is 0.542. The van der Waals surface area contributed by atoms with Crippen LogP contribution < -0.4 is 4.90 Å². The molecule has 3 heteroatoms. The van der Waals surface area contributed by atoms with E-state index in [-0.39, 0.29) is 0 Å². The van der Waals surface area contributed by atoms with Gasteiger partial charge in [0.05, 0.1) is 5.41 Å². The monoisotopic (exact) mass is 249 g/mol. The standard InChI is InChI=1S/C15H23NO2/c1-5-15(4,14(17)18)11-16(6-2)13-10-8-7-9-12(13)3/h7-10H,5-6,11H2,1-4H3,(H,17,18). The topological polar surface area (TPSA) is 40.5 Å². The molecular formula is C15H23NO2. The molecule has 0 amide bonds. The number of hydrogen-bond donors (Lipinski definition) is 1. The molecule has 0 aliphatic heterocycles. The number of rotatable bonds is 6. The van der Waals surface area contributed by atoms with Crippen LogP contribution in [0.3, 0.4) is 0 Å². The first-order chi connectivity index (χ1) is 8.44. The van der Waals surface area contributed by atoms with Gasteiger partial charge in [0.15, 0.2) is 0 Å². The Bertz CT molecular complexity index is 417. The average molecular weight is 249 g/mol. The van der Waals surface area contributed by atoms with E-state index in [1.165, 1.54) is 5.56 Å².